The van der Waals surface area contributed by atoms with E-state index in [1.54, 1.807) is 0 Å². The van der Waals surface area contributed by atoms with Crippen LogP contribution >= 0.6 is 11.3 Å². The standard InChI is InChI=1S/C11H17NO3S/c1-8-4-6-16-10(8)11(14)12-5-3-9(13)7-15-2/h4,6,9,13H,3,5,7H2,1-2H3,(H,12,14). The number of rotatable bonds is 6. The van der Waals surface area contributed by atoms with Crippen molar-refractivity contribution in [3.05, 3.63) is 21.9 Å². The van der Waals surface area contributed by atoms with Crippen LogP contribution in [0, 0.1) is 6.92 Å². The Hall–Kier alpha value is -0.910. The van der Waals surface area contributed by atoms with Crippen LogP contribution in [-0.4, -0.2) is 37.4 Å². The monoisotopic (exact) mass is 243 g/mol. The van der Waals surface area contributed by atoms with Gasteiger partial charge in [-0.25, -0.2) is 0 Å². The van der Waals surface area contributed by atoms with Crippen LogP contribution in [0.5, 0.6) is 0 Å². The second-order valence-corrected chi connectivity index (χ2v) is 4.50. The first-order valence-corrected chi connectivity index (χ1v) is 6.02. The molecule has 0 aromatic carbocycles. The Morgan fingerprint density at radius 3 is 3.00 bits per heavy atom. The third-order valence-corrected chi connectivity index (χ3v) is 3.21. The van der Waals surface area contributed by atoms with Crippen LogP contribution in [0.4, 0.5) is 0 Å². The number of aryl methyl sites for hydroxylation is 1. The van der Waals surface area contributed by atoms with Gasteiger partial charge in [-0.1, -0.05) is 0 Å². The van der Waals surface area contributed by atoms with Gasteiger partial charge >= 0.3 is 0 Å². The summed E-state index contributed by atoms with van der Waals surface area (Å²) in [7, 11) is 1.54. The van der Waals surface area contributed by atoms with Crippen molar-refractivity contribution in [2.24, 2.45) is 0 Å². The molecule has 2 N–H and O–H groups in total. The number of nitrogens with one attached hydrogen (secondary N) is 1. The van der Waals surface area contributed by atoms with Gasteiger partial charge in [-0.15, -0.1) is 11.3 Å². The second kappa shape index (κ2) is 6.62. The third-order valence-electron chi connectivity index (χ3n) is 2.19. The lowest BCUT2D eigenvalue weighted by molar-refractivity contribution is 0.0588. The van der Waals surface area contributed by atoms with E-state index in [0.29, 0.717) is 19.6 Å². The van der Waals surface area contributed by atoms with Gasteiger partial charge in [-0.2, -0.15) is 0 Å². The van der Waals surface area contributed by atoms with Crippen molar-refractivity contribution in [2.45, 2.75) is 19.4 Å². The van der Waals surface area contributed by atoms with Crippen molar-refractivity contribution in [1.82, 2.24) is 5.32 Å². The van der Waals surface area contributed by atoms with Gasteiger partial charge < -0.3 is 15.2 Å². The fourth-order valence-electron chi connectivity index (χ4n) is 1.31. The highest BCUT2D eigenvalue weighted by Gasteiger charge is 2.10. The summed E-state index contributed by atoms with van der Waals surface area (Å²) in [6, 6.07) is 1.92. The number of aliphatic hydroxyl groups is 1. The van der Waals surface area contributed by atoms with E-state index >= 15 is 0 Å². The van der Waals surface area contributed by atoms with Crippen LogP contribution < -0.4 is 5.32 Å². The van der Waals surface area contributed by atoms with E-state index in [4.69, 9.17) is 4.74 Å². The first-order valence-electron chi connectivity index (χ1n) is 5.14. The molecule has 1 aromatic heterocycles. The van der Waals surface area contributed by atoms with Gasteiger partial charge in [0, 0.05) is 13.7 Å². The first-order chi connectivity index (χ1) is 7.65. The molecule has 90 valence electrons. The van der Waals surface area contributed by atoms with Crippen LogP contribution in [0.3, 0.4) is 0 Å². The van der Waals surface area contributed by atoms with Gasteiger partial charge in [-0.05, 0) is 30.4 Å². The molecule has 0 aliphatic heterocycles. The lowest BCUT2D eigenvalue weighted by Crippen LogP contribution is -2.28. The van der Waals surface area contributed by atoms with Crippen molar-refractivity contribution in [3.63, 3.8) is 0 Å². The van der Waals surface area contributed by atoms with Crippen LogP contribution in [0.15, 0.2) is 11.4 Å². The van der Waals surface area contributed by atoms with E-state index in [-0.39, 0.29) is 5.91 Å². The van der Waals surface area contributed by atoms with Gasteiger partial charge in [-0.3, -0.25) is 4.79 Å². The third kappa shape index (κ3) is 3.92. The SMILES string of the molecule is COCC(O)CCNC(=O)c1sccc1C. The molecule has 5 heteroatoms. The summed E-state index contributed by atoms with van der Waals surface area (Å²) in [5, 5.41) is 14.0. The lowest BCUT2D eigenvalue weighted by atomic mass is 10.2. The summed E-state index contributed by atoms with van der Waals surface area (Å²) in [4.78, 5) is 12.4. The highest BCUT2D eigenvalue weighted by molar-refractivity contribution is 7.12. The second-order valence-electron chi connectivity index (χ2n) is 3.59. The maximum Gasteiger partial charge on any atom is 0.261 e. The molecule has 0 fully saturated rings. The number of thiophene rings is 1. The van der Waals surface area contributed by atoms with Crippen LogP contribution in [0.2, 0.25) is 0 Å². The average molecular weight is 243 g/mol. The van der Waals surface area contributed by atoms with E-state index in [1.807, 2.05) is 18.4 Å². The van der Waals surface area contributed by atoms with Gasteiger partial charge in [0.1, 0.15) is 0 Å². The Morgan fingerprint density at radius 1 is 1.69 bits per heavy atom. The molecular formula is C11H17NO3S. The molecule has 1 aromatic rings. The topological polar surface area (TPSA) is 58.6 Å². The van der Waals surface area contributed by atoms with Crippen molar-refractivity contribution >= 4 is 17.2 Å². The highest BCUT2D eigenvalue weighted by Crippen LogP contribution is 2.14. The molecular weight excluding hydrogens is 226 g/mol. The van der Waals surface area contributed by atoms with Gasteiger partial charge in [0.05, 0.1) is 17.6 Å². The molecule has 1 heterocycles. The zero-order chi connectivity index (χ0) is 12.0. The molecule has 4 nitrogen and oxygen atoms in total. The molecule has 0 spiro atoms. The number of aliphatic hydroxyl groups excluding tert-OH is 1. The molecule has 0 aliphatic rings. The van der Waals surface area contributed by atoms with E-state index in [9.17, 15) is 9.90 Å². The molecule has 0 saturated heterocycles. The van der Waals surface area contributed by atoms with Gasteiger partial charge in [0.25, 0.3) is 5.91 Å². The smallest absolute Gasteiger partial charge is 0.261 e. The predicted octanol–water partition coefficient (Wildman–Crippen LogP) is 1.18. The molecule has 0 aliphatic carbocycles. The minimum absolute atomic E-state index is 0.0721. The number of carbonyl (C=O) groups excluding carboxylic acids is 1. The summed E-state index contributed by atoms with van der Waals surface area (Å²) in [6.07, 6.45) is -0.0148. The summed E-state index contributed by atoms with van der Waals surface area (Å²) in [6.45, 7) is 2.67. The van der Waals surface area contributed by atoms with Crippen molar-refractivity contribution in [1.29, 1.82) is 0 Å². The number of methoxy groups -OCH3 is 1. The minimum Gasteiger partial charge on any atom is -0.391 e. The molecule has 0 bridgehead atoms. The van der Waals surface area contributed by atoms with E-state index in [0.717, 1.165) is 10.4 Å². The molecule has 1 atom stereocenters. The van der Waals surface area contributed by atoms with E-state index < -0.39 is 6.10 Å². The number of amides is 1. The van der Waals surface area contributed by atoms with E-state index in [2.05, 4.69) is 5.32 Å². The van der Waals surface area contributed by atoms with Crippen molar-refractivity contribution < 1.29 is 14.6 Å². The fourth-order valence-corrected chi connectivity index (χ4v) is 2.16. The van der Waals surface area contributed by atoms with Crippen molar-refractivity contribution in [3.8, 4) is 0 Å². The fraction of sp³-hybridized carbons (Fsp3) is 0.545. The van der Waals surface area contributed by atoms with Crippen LogP contribution in [0.1, 0.15) is 21.7 Å². The lowest BCUT2D eigenvalue weighted by Gasteiger charge is -2.09. The molecule has 16 heavy (non-hydrogen) atoms. The number of hydrogen-bond acceptors (Lipinski definition) is 4. The van der Waals surface area contributed by atoms with Gasteiger partial charge in [0.15, 0.2) is 0 Å². The average Bonchev–Trinajstić information content (AvgIpc) is 2.64. The Balaban J connectivity index is 2.29. The molecule has 0 radical (unpaired) electrons. The zero-order valence-electron chi connectivity index (χ0n) is 9.53. The van der Waals surface area contributed by atoms with Crippen molar-refractivity contribution in [2.75, 3.05) is 20.3 Å². The normalized spacial score (nSPS) is 12.4. The predicted molar refractivity (Wildman–Crippen MR) is 63.9 cm³/mol. The summed E-state index contributed by atoms with van der Waals surface area (Å²) < 4.78 is 4.79. The molecule has 1 amide bonds. The number of hydrogen-bond donors (Lipinski definition) is 2. The Kier molecular flexibility index (Phi) is 5.45. The molecule has 1 unspecified atom stereocenters. The van der Waals surface area contributed by atoms with E-state index in [1.165, 1.54) is 18.4 Å². The first kappa shape index (κ1) is 13.2. The Bertz CT molecular complexity index is 338. The van der Waals surface area contributed by atoms with Crippen LogP contribution in [-0.2, 0) is 4.74 Å². The molecule has 0 saturated carbocycles. The summed E-state index contributed by atoms with van der Waals surface area (Å²) in [5.74, 6) is -0.0721. The Labute approximate surface area is 99.2 Å². The largest absolute Gasteiger partial charge is 0.391 e. The maximum absolute atomic E-state index is 11.7. The minimum atomic E-state index is -0.519. The highest BCUT2D eigenvalue weighted by atomic mass is 32.1. The maximum atomic E-state index is 11.7. The number of carbonyl (C=O) groups is 1. The number of ether oxygens (including phenoxy) is 1. The quantitative estimate of drug-likeness (QED) is 0.789. The summed E-state index contributed by atoms with van der Waals surface area (Å²) >= 11 is 1.43. The molecule has 1 rings (SSSR count). The Morgan fingerprint density at radius 2 is 2.44 bits per heavy atom. The zero-order valence-corrected chi connectivity index (χ0v) is 10.3. The van der Waals surface area contributed by atoms with Gasteiger partial charge in [0.2, 0.25) is 0 Å². The van der Waals surface area contributed by atoms with Crippen LogP contribution in [0.25, 0.3) is 0 Å². The summed E-state index contributed by atoms with van der Waals surface area (Å²) in [5.41, 5.74) is 0.986.